The van der Waals surface area contributed by atoms with Crippen molar-refractivity contribution in [3.63, 3.8) is 0 Å². The summed E-state index contributed by atoms with van der Waals surface area (Å²) in [4.78, 5) is 41.2. The summed E-state index contributed by atoms with van der Waals surface area (Å²) in [5.41, 5.74) is 0.775. The lowest BCUT2D eigenvalue weighted by Gasteiger charge is -2.38. The van der Waals surface area contributed by atoms with Gasteiger partial charge in [0.2, 0.25) is 12.3 Å². The standard InChI is InChI=1S/C37H57N5O9/c1-37(2,29-41-10-14-48-15-11-41)25-34(26-38)36(45)42-27-32(31-6-4-3-5-7-31)24-33(28-42)35(44)40-9-13-47-17-19-50-21-23-51-22-20-49-18-16-46-12-8-39-30-43/h3-7,25,30,32-33H,8-24,27-29H2,1-2H3,(H,39,43)(H,40,44)/b34-25+. The lowest BCUT2D eigenvalue weighted by Crippen LogP contribution is -2.49. The van der Waals surface area contributed by atoms with Crippen molar-refractivity contribution < 1.29 is 42.8 Å². The molecule has 14 heteroatoms. The molecular weight excluding hydrogens is 658 g/mol. The summed E-state index contributed by atoms with van der Waals surface area (Å²) in [5, 5.41) is 15.5. The average Bonchev–Trinajstić information content (AvgIpc) is 3.14. The molecule has 3 amide bonds. The van der Waals surface area contributed by atoms with E-state index in [4.69, 9.17) is 28.4 Å². The number of nitrogens with one attached hydrogen (secondary N) is 2. The molecular formula is C37H57N5O9. The third-order valence-corrected chi connectivity index (χ3v) is 8.51. The number of carbonyl (C=O) groups is 3. The van der Waals surface area contributed by atoms with Gasteiger partial charge in [-0.15, -0.1) is 0 Å². The number of carbonyl (C=O) groups excluding carboxylic acids is 3. The molecule has 0 spiro atoms. The fourth-order valence-electron chi connectivity index (χ4n) is 6.07. The van der Waals surface area contributed by atoms with E-state index in [1.54, 1.807) is 11.0 Å². The first-order valence-electron chi connectivity index (χ1n) is 17.9. The Kier molecular flexibility index (Phi) is 20.3. The Bertz CT molecular complexity index is 1220. The van der Waals surface area contributed by atoms with Crippen molar-refractivity contribution >= 4 is 18.2 Å². The van der Waals surface area contributed by atoms with E-state index in [2.05, 4.69) is 21.6 Å². The molecule has 14 nitrogen and oxygen atoms in total. The lowest BCUT2D eigenvalue weighted by molar-refractivity contribution is -0.133. The Morgan fingerprint density at radius 3 is 2.02 bits per heavy atom. The van der Waals surface area contributed by atoms with Crippen LogP contribution in [0.1, 0.15) is 31.7 Å². The van der Waals surface area contributed by atoms with Crippen molar-refractivity contribution in [2.75, 3.05) is 125 Å². The molecule has 2 saturated heterocycles. The Hall–Kier alpha value is -3.42. The first-order chi connectivity index (χ1) is 24.8. The zero-order chi connectivity index (χ0) is 36.6. The second kappa shape index (κ2) is 24.7. The van der Waals surface area contributed by atoms with E-state index in [0.29, 0.717) is 118 Å². The van der Waals surface area contributed by atoms with Crippen molar-refractivity contribution in [2.24, 2.45) is 11.3 Å². The van der Waals surface area contributed by atoms with Gasteiger partial charge >= 0.3 is 0 Å². The van der Waals surface area contributed by atoms with E-state index in [1.165, 1.54) is 0 Å². The maximum Gasteiger partial charge on any atom is 0.264 e. The maximum atomic E-state index is 13.8. The molecule has 0 aromatic heterocycles. The summed E-state index contributed by atoms with van der Waals surface area (Å²) in [6.07, 6.45) is 3.03. The SMILES string of the molecule is CC(C)(/C=C(\C#N)C(=O)N1CC(C(=O)NCCOCCOCCOCCOCCOCCNC=O)CC(c2ccccc2)C1)CN1CCOCC1. The summed E-state index contributed by atoms with van der Waals surface area (Å²) in [7, 11) is 0. The zero-order valence-electron chi connectivity index (χ0n) is 30.4. The van der Waals surface area contributed by atoms with E-state index in [0.717, 1.165) is 18.7 Å². The summed E-state index contributed by atoms with van der Waals surface area (Å²) >= 11 is 0. The van der Waals surface area contributed by atoms with Crippen molar-refractivity contribution in [1.29, 1.82) is 5.26 Å². The maximum absolute atomic E-state index is 13.8. The van der Waals surface area contributed by atoms with Crippen LogP contribution in [0.15, 0.2) is 42.0 Å². The number of nitriles is 1. The summed E-state index contributed by atoms with van der Waals surface area (Å²) < 4.78 is 32.8. The Labute approximate surface area is 302 Å². The van der Waals surface area contributed by atoms with Gasteiger partial charge in [0, 0.05) is 51.7 Å². The van der Waals surface area contributed by atoms with E-state index in [-0.39, 0.29) is 29.9 Å². The Morgan fingerprint density at radius 2 is 1.45 bits per heavy atom. The quantitative estimate of drug-likeness (QED) is 0.0652. The van der Waals surface area contributed by atoms with Gasteiger partial charge in [-0.2, -0.15) is 5.26 Å². The van der Waals surface area contributed by atoms with Crippen molar-refractivity contribution in [2.45, 2.75) is 26.2 Å². The summed E-state index contributed by atoms with van der Waals surface area (Å²) in [5.74, 6) is -0.929. The molecule has 1 aromatic carbocycles. The van der Waals surface area contributed by atoms with Crippen molar-refractivity contribution in [3.8, 4) is 6.07 Å². The molecule has 51 heavy (non-hydrogen) atoms. The average molecular weight is 716 g/mol. The molecule has 0 saturated carbocycles. The van der Waals surface area contributed by atoms with E-state index < -0.39 is 11.3 Å². The largest absolute Gasteiger partial charge is 0.379 e. The minimum absolute atomic E-state index is 0.0334. The number of morpholine rings is 1. The van der Waals surface area contributed by atoms with Crippen LogP contribution in [0.2, 0.25) is 0 Å². The zero-order valence-corrected chi connectivity index (χ0v) is 30.4. The summed E-state index contributed by atoms with van der Waals surface area (Å²) in [6.45, 7) is 13.6. The van der Waals surface area contributed by atoms with Crippen LogP contribution in [0.5, 0.6) is 0 Å². The normalized spacial score (nSPS) is 18.6. The van der Waals surface area contributed by atoms with E-state index in [9.17, 15) is 19.6 Å². The van der Waals surface area contributed by atoms with E-state index >= 15 is 0 Å². The smallest absolute Gasteiger partial charge is 0.264 e. The molecule has 2 aliphatic rings. The minimum Gasteiger partial charge on any atom is -0.379 e. The van der Waals surface area contributed by atoms with Crippen LogP contribution in [0.4, 0.5) is 0 Å². The minimum atomic E-state index is -0.423. The fourth-order valence-corrected chi connectivity index (χ4v) is 6.07. The first kappa shape index (κ1) is 42.0. The lowest BCUT2D eigenvalue weighted by atomic mass is 9.83. The van der Waals surface area contributed by atoms with Gasteiger partial charge in [-0.05, 0) is 17.4 Å². The highest BCUT2D eigenvalue weighted by atomic mass is 16.6. The molecule has 3 rings (SSSR count). The van der Waals surface area contributed by atoms with Crippen molar-refractivity contribution in [1.82, 2.24) is 20.4 Å². The van der Waals surface area contributed by atoms with Crippen LogP contribution in [0, 0.1) is 22.7 Å². The molecule has 2 unspecified atom stereocenters. The van der Waals surface area contributed by atoms with Gasteiger partial charge in [-0.25, -0.2) is 0 Å². The van der Waals surface area contributed by atoms with Gasteiger partial charge in [0.15, 0.2) is 0 Å². The highest BCUT2D eigenvalue weighted by Crippen LogP contribution is 2.32. The highest BCUT2D eigenvalue weighted by Gasteiger charge is 2.36. The predicted octanol–water partition coefficient (Wildman–Crippen LogP) is 1.37. The number of hydrogen-bond acceptors (Lipinski definition) is 11. The van der Waals surface area contributed by atoms with Gasteiger partial charge in [0.05, 0.1) is 85.2 Å². The van der Waals surface area contributed by atoms with E-state index in [1.807, 2.05) is 44.2 Å². The Morgan fingerprint density at radius 1 is 0.882 bits per heavy atom. The van der Waals surface area contributed by atoms with Gasteiger partial charge in [-0.1, -0.05) is 50.3 Å². The fraction of sp³-hybridized carbons (Fsp3) is 0.676. The van der Waals surface area contributed by atoms with Crippen LogP contribution in [-0.4, -0.2) is 153 Å². The van der Waals surface area contributed by atoms with Crippen LogP contribution in [-0.2, 0) is 42.8 Å². The predicted molar refractivity (Wildman–Crippen MR) is 190 cm³/mol. The van der Waals surface area contributed by atoms with Gasteiger partial charge in [0.1, 0.15) is 11.6 Å². The van der Waals surface area contributed by atoms with Crippen LogP contribution < -0.4 is 10.6 Å². The molecule has 0 aliphatic carbocycles. The van der Waals surface area contributed by atoms with Gasteiger partial charge in [-0.3, -0.25) is 19.3 Å². The number of piperidine rings is 1. The Balaban J connectivity index is 1.35. The number of likely N-dealkylation sites (tertiary alicyclic amines) is 1. The molecule has 2 fully saturated rings. The number of amides is 3. The monoisotopic (exact) mass is 715 g/mol. The molecule has 2 aliphatic heterocycles. The van der Waals surface area contributed by atoms with Crippen LogP contribution in [0.25, 0.3) is 0 Å². The molecule has 1 aromatic rings. The number of rotatable bonds is 25. The highest BCUT2D eigenvalue weighted by molar-refractivity contribution is 5.97. The molecule has 2 atom stereocenters. The number of nitrogens with zero attached hydrogens (tertiary/aromatic N) is 3. The van der Waals surface area contributed by atoms with Crippen LogP contribution in [0.3, 0.4) is 0 Å². The molecule has 2 heterocycles. The molecule has 0 bridgehead atoms. The first-order valence-corrected chi connectivity index (χ1v) is 17.9. The third-order valence-electron chi connectivity index (χ3n) is 8.51. The number of hydrogen-bond donors (Lipinski definition) is 2. The number of ether oxygens (including phenoxy) is 6. The van der Waals surface area contributed by atoms with Gasteiger partial charge in [0.25, 0.3) is 5.91 Å². The molecule has 284 valence electrons. The second-order valence-electron chi connectivity index (χ2n) is 13.2. The second-order valence-corrected chi connectivity index (χ2v) is 13.2. The number of benzene rings is 1. The third kappa shape index (κ3) is 17.1. The topological polar surface area (TPSA) is 161 Å². The van der Waals surface area contributed by atoms with Gasteiger partial charge < -0.3 is 44.0 Å². The van der Waals surface area contributed by atoms with Crippen LogP contribution >= 0.6 is 0 Å². The summed E-state index contributed by atoms with van der Waals surface area (Å²) in [6, 6.07) is 12.1. The molecule has 0 radical (unpaired) electrons. The molecule has 2 N–H and O–H groups in total. The van der Waals surface area contributed by atoms with Crippen molar-refractivity contribution in [3.05, 3.63) is 47.5 Å².